The molecule has 5 heteroatoms. The highest BCUT2D eigenvalue weighted by Crippen LogP contribution is 2.26. The SMILES string of the molecule is CCOC(C)(CC)c1nc(O)c(CC)c(=O)[nH]1. The lowest BCUT2D eigenvalue weighted by molar-refractivity contribution is -0.0396. The van der Waals surface area contributed by atoms with Gasteiger partial charge in [-0.3, -0.25) is 4.79 Å². The molecule has 1 atom stereocenters. The monoisotopic (exact) mass is 240 g/mol. The number of hydrogen-bond donors (Lipinski definition) is 2. The first-order valence-electron chi connectivity index (χ1n) is 5.95. The van der Waals surface area contributed by atoms with Crippen molar-refractivity contribution < 1.29 is 9.84 Å². The minimum atomic E-state index is -0.669. The fourth-order valence-corrected chi connectivity index (χ4v) is 1.71. The van der Waals surface area contributed by atoms with E-state index in [-0.39, 0.29) is 11.4 Å². The summed E-state index contributed by atoms with van der Waals surface area (Å²) in [5.74, 6) is 0.173. The number of ether oxygens (including phenoxy) is 1. The van der Waals surface area contributed by atoms with Crippen LogP contribution in [-0.2, 0) is 16.8 Å². The van der Waals surface area contributed by atoms with Crippen LogP contribution >= 0.6 is 0 Å². The summed E-state index contributed by atoms with van der Waals surface area (Å²) in [6.07, 6.45) is 1.11. The second-order valence-corrected chi connectivity index (χ2v) is 4.09. The maximum Gasteiger partial charge on any atom is 0.258 e. The molecular weight excluding hydrogens is 220 g/mol. The lowest BCUT2D eigenvalue weighted by Gasteiger charge is -2.27. The summed E-state index contributed by atoms with van der Waals surface area (Å²) in [5, 5.41) is 9.71. The van der Waals surface area contributed by atoms with Crippen molar-refractivity contribution in [2.24, 2.45) is 0 Å². The molecule has 2 N–H and O–H groups in total. The number of aromatic nitrogens is 2. The van der Waals surface area contributed by atoms with Crippen molar-refractivity contribution in [2.75, 3.05) is 6.61 Å². The van der Waals surface area contributed by atoms with E-state index in [2.05, 4.69) is 9.97 Å². The zero-order valence-corrected chi connectivity index (χ0v) is 10.8. The number of H-pyrrole nitrogens is 1. The van der Waals surface area contributed by atoms with E-state index < -0.39 is 5.60 Å². The Morgan fingerprint density at radius 1 is 1.41 bits per heavy atom. The molecule has 0 spiro atoms. The van der Waals surface area contributed by atoms with Gasteiger partial charge in [0.05, 0.1) is 5.56 Å². The number of aromatic hydroxyl groups is 1. The lowest BCUT2D eigenvalue weighted by atomic mass is 10.0. The normalized spacial score (nSPS) is 14.6. The number of nitrogens with zero attached hydrogens (tertiary/aromatic N) is 1. The summed E-state index contributed by atoms with van der Waals surface area (Å²) in [4.78, 5) is 18.5. The molecular formula is C12H20N2O3. The highest BCUT2D eigenvalue weighted by atomic mass is 16.5. The van der Waals surface area contributed by atoms with Crippen molar-refractivity contribution in [2.45, 2.75) is 46.1 Å². The number of aromatic amines is 1. The minimum Gasteiger partial charge on any atom is -0.493 e. The van der Waals surface area contributed by atoms with Crippen molar-refractivity contribution >= 4 is 0 Å². The summed E-state index contributed by atoms with van der Waals surface area (Å²) in [5.41, 5.74) is -0.657. The molecule has 0 aliphatic rings. The van der Waals surface area contributed by atoms with E-state index in [0.717, 1.165) is 0 Å². The van der Waals surface area contributed by atoms with E-state index in [9.17, 15) is 9.90 Å². The maximum atomic E-state index is 11.7. The van der Waals surface area contributed by atoms with Gasteiger partial charge in [0.25, 0.3) is 5.56 Å². The van der Waals surface area contributed by atoms with Crippen LogP contribution in [0.15, 0.2) is 4.79 Å². The topological polar surface area (TPSA) is 75.2 Å². The predicted octanol–water partition coefficient (Wildman–Crippen LogP) is 1.70. The molecule has 0 fully saturated rings. The smallest absolute Gasteiger partial charge is 0.258 e. The van der Waals surface area contributed by atoms with Crippen LogP contribution in [0.3, 0.4) is 0 Å². The number of rotatable bonds is 5. The standard InChI is InChI=1S/C12H20N2O3/c1-5-8-9(15)13-11(14-10(8)16)12(4,6-2)17-7-3/h5-7H2,1-4H3,(H2,13,14,15,16). The molecule has 1 heterocycles. The second kappa shape index (κ2) is 5.31. The molecule has 17 heavy (non-hydrogen) atoms. The van der Waals surface area contributed by atoms with E-state index in [1.807, 2.05) is 20.8 Å². The Bertz CT molecular complexity index is 442. The number of hydrogen-bond acceptors (Lipinski definition) is 4. The summed E-state index contributed by atoms with van der Waals surface area (Å²) < 4.78 is 5.60. The Hall–Kier alpha value is -1.36. The van der Waals surface area contributed by atoms with Crippen LogP contribution in [-0.4, -0.2) is 21.7 Å². The van der Waals surface area contributed by atoms with Crippen molar-refractivity contribution in [1.82, 2.24) is 9.97 Å². The van der Waals surface area contributed by atoms with Crippen molar-refractivity contribution in [1.29, 1.82) is 0 Å². The lowest BCUT2D eigenvalue weighted by Crippen LogP contribution is -2.31. The third-order valence-electron chi connectivity index (χ3n) is 2.99. The molecule has 0 saturated carbocycles. The molecule has 0 saturated heterocycles. The van der Waals surface area contributed by atoms with Crippen molar-refractivity contribution in [3.05, 3.63) is 21.7 Å². The zero-order valence-electron chi connectivity index (χ0n) is 10.8. The fourth-order valence-electron chi connectivity index (χ4n) is 1.71. The highest BCUT2D eigenvalue weighted by molar-refractivity contribution is 5.23. The summed E-state index contributed by atoms with van der Waals surface area (Å²) in [6.45, 7) is 7.99. The Morgan fingerprint density at radius 2 is 2.06 bits per heavy atom. The predicted molar refractivity (Wildman–Crippen MR) is 65.2 cm³/mol. The van der Waals surface area contributed by atoms with Gasteiger partial charge in [-0.05, 0) is 26.7 Å². The molecule has 0 aliphatic carbocycles. The Kier molecular flexibility index (Phi) is 4.28. The number of nitrogens with one attached hydrogen (secondary N) is 1. The van der Waals surface area contributed by atoms with Gasteiger partial charge >= 0.3 is 0 Å². The first-order chi connectivity index (χ1) is 7.98. The fraction of sp³-hybridized carbons (Fsp3) is 0.667. The average molecular weight is 240 g/mol. The Balaban J connectivity index is 3.28. The van der Waals surface area contributed by atoms with Crippen molar-refractivity contribution in [3.8, 4) is 5.88 Å². The minimum absolute atomic E-state index is 0.203. The zero-order chi connectivity index (χ0) is 13.1. The first-order valence-corrected chi connectivity index (χ1v) is 5.95. The van der Waals surface area contributed by atoms with E-state index in [1.54, 1.807) is 6.92 Å². The van der Waals surface area contributed by atoms with Crippen LogP contribution in [0, 0.1) is 0 Å². The van der Waals surface area contributed by atoms with Crippen molar-refractivity contribution in [3.63, 3.8) is 0 Å². The molecule has 0 radical (unpaired) electrons. The molecule has 5 nitrogen and oxygen atoms in total. The highest BCUT2D eigenvalue weighted by Gasteiger charge is 2.29. The average Bonchev–Trinajstić information content (AvgIpc) is 2.28. The van der Waals surface area contributed by atoms with Gasteiger partial charge in [0.1, 0.15) is 11.4 Å². The van der Waals surface area contributed by atoms with Gasteiger partial charge in [-0.15, -0.1) is 0 Å². The van der Waals surface area contributed by atoms with Crippen LogP contribution in [0.4, 0.5) is 0 Å². The van der Waals surface area contributed by atoms with Crippen LogP contribution in [0.25, 0.3) is 0 Å². The van der Waals surface area contributed by atoms with Crippen LogP contribution in [0.1, 0.15) is 45.5 Å². The molecule has 1 unspecified atom stereocenters. The van der Waals surface area contributed by atoms with Gasteiger partial charge < -0.3 is 14.8 Å². The van der Waals surface area contributed by atoms with Gasteiger partial charge in [0.2, 0.25) is 5.88 Å². The molecule has 0 bridgehead atoms. The largest absolute Gasteiger partial charge is 0.493 e. The van der Waals surface area contributed by atoms with Gasteiger partial charge in [0, 0.05) is 6.61 Å². The molecule has 1 aromatic rings. The first kappa shape index (κ1) is 13.7. The van der Waals surface area contributed by atoms with Crippen LogP contribution in [0.2, 0.25) is 0 Å². The van der Waals surface area contributed by atoms with Gasteiger partial charge in [0.15, 0.2) is 0 Å². The summed E-state index contributed by atoms with van der Waals surface area (Å²) >= 11 is 0. The third-order valence-corrected chi connectivity index (χ3v) is 2.99. The molecule has 1 aromatic heterocycles. The summed E-state index contributed by atoms with van der Waals surface area (Å²) in [7, 11) is 0. The van der Waals surface area contributed by atoms with Crippen LogP contribution < -0.4 is 5.56 Å². The molecule has 1 rings (SSSR count). The Labute approximate surface area is 101 Å². The van der Waals surface area contributed by atoms with E-state index in [0.29, 0.717) is 30.8 Å². The molecule has 0 aliphatic heterocycles. The molecule has 0 amide bonds. The second-order valence-electron chi connectivity index (χ2n) is 4.09. The Morgan fingerprint density at radius 3 is 2.47 bits per heavy atom. The molecule has 0 aromatic carbocycles. The third kappa shape index (κ3) is 2.66. The summed E-state index contributed by atoms with van der Waals surface area (Å²) in [6, 6.07) is 0. The van der Waals surface area contributed by atoms with E-state index in [4.69, 9.17) is 4.74 Å². The molecule has 96 valence electrons. The quantitative estimate of drug-likeness (QED) is 0.821. The van der Waals surface area contributed by atoms with E-state index in [1.165, 1.54) is 0 Å². The van der Waals surface area contributed by atoms with E-state index >= 15 is 0 Å². The maximum absolute atomic E-state index is 11.7. The van der Waals surface area contributed by atoms with Gasteiger partial charge in [-0.2, -0.15) is 4.98 Å². The van der Waals surface area contributed by atoms with Gasteiger partial charge in [-0.1, -0.05) is 13.8 Å². The van der Waals surface area contributed by atoms with Gasteiger partial charge in [-0.25, -0.2) is 0 Å². The van der Waals surface area contributed by atoms with Crippen LogP contribution in [0.5, 0.6) is 5.88 Å².